The first-order chi connectivity index (χ1) is 9.67. The lowest BCUT2D eigenvalue weighted by Gasteiger charge is -2.15. The van der Waals surface area contributed by atoms with E-state index in [0.29, 0.717) is 17.3 Å². The minimum atomic E-state index is -0.159. The highest BCUT2D eigenvalue weighted by Gasteiger charge is 2.43. The fourth-order valence-electron chi connectivity index (χ4n) is 2.17. The summed E-state index contributed by atoms with van der Waals surface area (Å²) >= 11 is 5.75. The number of carbonyl (C=O) groups is 1. The highest BCUT2D eigenvalue weighted by molar-refractivity contribution is 6.30. The first-order valence-electron chi connectivity index (χ1n) is 6.54. The van der Waals surface area contributed by atoms with E-state index in [-0.39, 0.29) is 11.3 Å². The average molecular weight is 291 g/mol. The summed E-state index contributed by atoms with van der Waals surface area (Å²) in [5.74, 6) is -0.159. The van der Waals surface area contributed by atoms with Crippen LogP contribution in [0.15, 0.2) is 36.8 Å². The van der Waals surface area contributed by atoms with Crippen LogP contribution in [0.25, 0.3) is 0 Å². The van der Waals surface area contributed by atoms with E-state index in [1.54, 1.807) is 18.3 Å². The molecule has 1 aliphatic carbocycles. The van der Waals surface area contributed by atoms with Gasteiger partial charge >= 0.3 is 0 Å². The second-order valence-corrected chi connectivity index (χ2v) is 5.68. The van der Waals surface area contributed by atoms with E-state index in [0.717, 1.165) is 19.4 Å². The summed E-state index contributed by atoms with van der Waals surface area (Å²) in [5.41, 5.74) is 0.540. The fraction of sp³-hybridized carbons (Fsp3) is 0.357. The quantitative estimate of drug-likeness (QED) is 0.918. The summed E-state index contributed by atoms with van der Waals surface area (Å²) in [6, 6.07) is 5.21. The number of hydrogen-bond donors (Lipinski definition) is 1. The van der Waals surface area contributed by atoms with E-state index in [1.165, 1.54) is 6.20 Å². The predicted octanol–water partition coefficient (Wildman–Crippen LogP) is 2.14. The lowest BCUT2D eigenvalue weighted by Crippen LogP contribution is -2.32. The van der Waals surface area contributed by atoms with Gasteiger partial charge in [-0.3, -0.25) is 9.48 Å². The molecule has 6 heteroatoms. The van der Waals surface area contributed by atoms with Crippen LogP contribution in [0.2, 0.25) is 5.02 Å². The average Bonchev–Trinajstić information content (AvgIpc) is 3.01. The largest absolute Gasteiger partial charge is 0.350 e. The molecular formula is C14H15ClN4O. The molecule has 2 aromatic heterocycles. The number of pyridine rings is 1. The number of carbonyl (C=O) groups excluding carboxylic acids is 1. The lowest BCUT2D eigenvalue weighted by atomic mass is 10.1. The van der Waals surface area contributed by atoms with Gasteiger partial charge in [-0.1, -0.05) is 11.6 Å². The molecule has 1 saturated carbocycles. The normalized spacial score (nSPS) is 15.8. The maximum absolute atomic E-state index is 12.0. The number of aromatic nitrogens is 3. The van der Waals surface area contributed by atoms with Crippen LogP contribution in [-0.2, 0) is 6.54 Å². The Labute approximate surface area is 122 Å². The van der Waals surface area contributed by atoms with Crippen LogP contribution in [0.4, 0.5) is 0 Å². The van der Waals surface area contributed by atoms with Crippen LogP contribution in [-0.4, -0.2) is 27.2 Å². The third kappa shape index (κ3) is 2.99. The van der Waals surface area contributed by atoms with Crippen molar-refractivity contribution in [2.75, 3.05) is 6.54 Å². The van der Waals surface area contributed by atoms with Crippen molar-refractivity contribution in [3.8, 4) is 0 Å². The van der Waals surface area contributed by atoms with Crippen molar-refractivity contribution >= 4 is 17.5 Å². The Balaban J connectivity index is 1.56. The van der Waals surface area contributed by atoms with Gasteiger partial charge in [0.05, 0.1) is 5.02 Å². The Bertz CT molecular complexity index is 590. The smallest absolute Gasteiger partial charge is 0.269 e. The fourth-order valence-corrected chi connectivity index (χ4v) is 2.29. The number of nitrogens with one attached hydrogen (secondary N) is 1. The number of hydrogen-bond acceptors (Lipinski definition) is 3. The molecule has 20 heavy (non-hydrogen) atoms. The minimum absolute atomic E-state index is 0.147. The zero-order chi connectivity index (χ0) is 14.0. The number of nitrogens with zero attached hydrogens (tertiary/aromatic N) is 3. The van der Waals surface area contributed by atoms with Crippen LogP contribution in [0, 0.1) is 5.41 Å². The third-order valence-electron chi connectivity index (χ3n) is 3.60. The van der Waals surface area contributed by atoms with E-state index in [1.807, 2.05) is 16.9 Å². The van der Waals surface area contributed by atoms with Gasteiger partial charge in [0.25, 0.3) is 5.91 Å². The van der Waals surface area contributed by atoms with E-state index in [9.17, 15) is 4.79 Å². The van der Waals surface area contributed by atoms with Crippen LogP contribution in [0.1, 0.15) is 23.3 Å². The molecular weight excluding hydrogens is 276 g/mol. The summed E-state index contributed by atoms with van der Waals surface area (Å²) in [7, 11) is 0. The molecule has 1 fully saturated rings. The van der Waals surface area contributed by atoms with Gasteiger partial charge < -0.3 is 5.32 Å². The molecule has 0 aromatic carbocycles. The van der Waals surface area contributed by atoms with Crippen LogP contribution in [0.5, 0.6) is 0 Å². The molecule has 0 bridgehead atoms. The zero-order valence-corrected chi connectivity index (χ0v) is 11.7. The summed E-state index contributed by atoms with van der Waals surface area (Å²) in [5, 5.41) is 7.69. The third-order valence-corrected chi connectivity index (χ3v) is 3.82. The van der Waals surface area contributed by atoms with Gasteiger partial charge in [0.15, 0.2) is 0 Å². The van der Waals surface area contributed by atoms with Crippen molar-refractivity contribution in [2.24, 2.45) is 5.41 Å². The van der Waals surface area contributed by atoms with Crippen molar-refractivity contribution in [1.82, 2.24) is 20.1 Å². The summed E-state index contributed by atoms with van der Waals surface area (Å²) in [6.07, 6.45) is 7.42. The Morgan fingerprint density at radius 2 is 2.30 bits per heavy atom. The second kappa shape index (κ2) is 5.25. The molecule has 0 spiro atoms. The number of halogens is 1. The van der Waals surface area contributed by atoms with Gasteiger partial charge in [-0.25, -0.2) is 4.98 Å². The van der Waals surface area contributed by atoms with Crippen molar-refractivity contribution in [2.45, 2.75) is 19.4 Å². The van der Waals surface area contributed by atoms with E-state index >= 15 is 0 Å². The Morgan fingerprint density at radius 1 is 1.45 bits per heavy atom. The van der Waals surface area contributed by atoms with Crippen molar-refractivity contribution in [1.29, 1.82) is 0 Å². The van der Waals surface area contributed by atoms with Crippen LogP contribution < -0.4 is 5.32 Å². The van der Waals surface area contributed by atoms with Crippen molar-refractivity contribution in [3.63, 3.8) is 0 Å². The molecule has 0 atom stereocenters. The molecule has 3 rings (SSSR count). The van der Waals surface area contributed by atoms with Gasteiger partial charge in [0.1, 0.15) is 5.69 Å². The molecule has 1 aliphatic rings. The first-order valence-corrected chi connectivity index (χ1v) is 6.92. The molecule has 0 aliphatic heterocycles. The van der Waals surface area contributed by atoms with Gasteiger partial charge in [-0.05, 0) is 31.0 Å². The second-order valence-electron chi connectivity index (χ2n) is 5.25. The monoisotopic (exact) mass is 290 g/mol. The van der Waals surface area contributed by atoms with E-state index < -0.39 is 0 Å². The van der Waals surface area contributed by atoms with Gasteiger partial charge in [0, 0.05) is 37.1 Å². The minimum Gasteiger partial charge on any atom is -0.350 e. The predicted molar refractivity (Wildman–Crippen MR) is 75.5 cm³/mol. The maximum Gasteiger partial charge on any atom is 0.269 e. The molecule has 0 unspecified atom stereocenters. The molecule has 0 saturated heterocycles. The summed E-state index contributed by atoms with van der Waals surface area (Å²) in [4.78, 5) is 16.0. The summed E-state index contributed by atoms with van der Waals surface area (Å²) < 4.78 is 1.92. The van der Waals surface area contributed by atoms with Gasteiger partial charge in [-0.2, -0.15) is 5.10 Å². The molecule has 1 amide bonds. The maximum atomic E-state index is 12.0. The molecule has 5 nitrogen and oxygen atoms in total. The Morgan fingerprint density at radius 3 is 2.90 bits per heavy atom. The van der Waals surface area contributed by atoms with Crippen molar-refractivity contribution in [3.05, 3.63) is 47.5 Å². The lowest BCUT2D eigenvalue weighted by molar-refractivity contribution is 0.0937. The molecule has 2 heterocycles. The van der Waals surface area contributed by atoms with Crippen LogP contribution in [0.3, 0.4) is 0 Å². The summed E-state index contributed by atoms with van der Waals surface area (Å²) in [6.45, 7) is 1.49. The SMILES string of the molecule is O=C(NCC1(Cn2cccn2)CC1)c1ccc(Cl)cn1. The highest BCUT2D eigenvalue weighted by Crippen LogP contribution is 2.46. The van der Waals surface area contributed by atoms with E-state index in [2.05, 4.69) is 15.4 Å². The first kappa shape index (κ1) is 13.1. The number of rotatable bonds is 5. The molecule has 2 aromatic rings. The Hall–Kier alpha value is -1.88. The Kier molecular flexibility index (Phi) is 3.44. The van der Waals surface area contributed by atoms with Gasteiger partial charge in [-0.15, -0.1) is 0 Å². The van der Waals surface area contributed by atoms with Gasteiger partial charge in [0.2, 0.25) is 0 Å². The van der Waals surface area contributed by atoms with Crippen LogP contribution >= 0.6 is 11.6 Å². The molecule has 0 radical (unpaired) electrons. The van der Waals surface area contributed by atoms with Crippen molar-refractivity contribution < 1.29 is 4.79 Å². The number of amides is 1. The van der Waals surface area contributed by atoms with E-state index in [4.69, 9.17) is 11.6 Å². The zero-order valence-electron chi connectivity index (χ0n) is 10.9. The highest BCUT2D eigenvalue weighted by atomic mass is 35.5. The standard InChI is InChI=1S/C14H15ClN4O/c15-11-2-3-12(16-8-11)13(20)17-9-14(4-5-14)10-19-7-1-6-18-19/h1-3,6-8H,4-5,9-10H2,(H,17,20). The molecule has 104 valence electrons. The topological polar surface area (TPSA) is 59.8 Å². The molecule has 1 N–H and O–H groups in total.